The van der Waals surface area contributed by atoms with Crippen LogP contribution in [-0.2, 0) is 0 Å². The molecule has 1 aromatic carbocycles. The molecule has 0 radical (unpaired) electrons. The van der Waals surface area contributed by atoms with Gasteiger partial charge in [-0.05, 0) is 31.2 Å². The summed E-state index contributed by atoms with van der Waals surface area (Å²) >= 11 is 0. The van der Waals surface area contributed by atoms with E-state index in [9.17, 15) is 9.18 Å². The maximum Gasteiger partial charge on any atom is 0.337 e. The fourth-order valence-electron chi connectivity index (χ4n) is 1.57. The van der Waals surface area contributed by atoms with Crippen molar-refractivity contribution in [2.75, 3.05) is 11.1 Å². The molecule has 19 heavy (non-hydrogen) atoms. The first-order valence-corrected chi connectivity index (χ1v) is 5.49. The molecule has 0 saturated heterocycles. The zero-order valence-corrected chi connectivity index (χ0v) is 10.1. The Kier molecular flexibility index (Phi) is 3.33. The van der Waals surface area contributed by atoms with Crippen LogP contribution in [0.3, 0.4) is 0 Å². The van der Waals surface area contributed by atoms with Crippen molar-refractivity contribution in [2.24, 2.45) is 0 Å². The van der Waals surface area contributed by atoms with Gasteiger partial charge in [0, 0.05) is 11.4 Å². The summed E-state index contributed by atoms with van der Waals surface area (Å²) in [6.45, 7) is 1.83. The fraction of sp³-hybridized carbons (Fsp3) is 0.0769. The zero-order valence-electron chi connectivity index (χ0n) is 10.1. The molecule has 1 aromatic heterocycles. The molecule has 4 N–H and O–H groups in total. The van der Waals surface area contributed by atoms with E-state index in [2.05, 4.69) is 10.3 Å². The number of aryl methyl sites for hydroxylation is 1. The van der Waals surface area contributed by atoms with Crippen molar-refractivity contribution in [1.82, 2.24) is 4.98 Å². The Morgan fingerprint density at radius 1 is 1.42 bits per heavy atom. The standard InChI is InChI=1S/C13H12FN3O2/c1-7-2-3-8(6-16-7)17-12-4-9(13(18)19)11(15)5-10(12)14/h2-6,17H,15H2,1H3,(H,18,19). The highest BCUT2D eigenvalue weighted by Gasteiger charge is 2.13. The van der Waals surface area contributed by atoms with Gasteiger partial charge in [-0.2, -0.15) is 0 Å². The third-order valence-electron chi connectivity index (χ3n) is 2.56. The molecule has 0 saturated carbocycles. The van der Waals surface area contributed by atoms with Crippen molar-refractivity contribution in [3.8, 4) is 0 Å². The summed E-state index contributed by atoms with van der Waals surface area (Å²) in [6.07, 6.45) is 1.53. The van der Waals surface area contributed by atoms with Gasteiger partial charge < -0.3 is 16.2 Å². The molecule has 2 rings (SSSR count). The lowest BCUT2D eigenvalue weighted by Crippen LogP contribution is -2.05. The number of carboxylic acid groups (broad SMARTS) is 1. The Hall–Kier alpha value is -2.63. The summed E-state index contributed by atoms with van der Waals surface area (Å²) in [7, 11) is 0. The van der Waals surface area contributed by atoms with Crippen LogP contribution >= 0.6 is 0 Å². The highest BCUT2D eigenvalue weighted by molar-refractivity contribution is 5.95. The zero-order chi connectivity index (χ0) is 14.0. The quantitative estimate of drug-likeness (QED) is 0.739. The number of anilines is 3. The smallest absolute Gasteiger partial charge is 0.337 e. The SMILES string of the molecule is Cc1ccc(Nc2cc(C(=O)O)c(N)cc2F)cn1. The van der Waals surface area contributed by atoms with Gasteiger partial charge in [-0.3, -0.25) is 4.98 Å². The third-order valence-corrected chi connectivity index (χ3v) is 2.56. The van der Waals surface area contributed by atoms with E-state index in [0.29, 0.717) is 5.69 Å². The Bertz CT molecular complexity index is 627. The predicted octanol–water partition coefficient (Wildman–Crippen LogP) is 2.55. The van der Waals surface area contributed by atoms with E-state index in [1.54, 1.807) is 12.1 Å². The van der Waals surface area contributed by atoms with E-state index >= 15 is 0 Å². The van der Waals surface area contributed by atoms with Gasteiger partial charge in [-0.1, -0.05) is 0 Å². The number of hydrogen-bond donors (Lipinski definition) is 3. The van der Waals surface area contributed by atoms with Crippen molar-refractivity contribution in [1.29, 1.82) is 0 Å². The van der Waals surface area contributed by atoms with Crippen LogP contribution in [-0.4, -0.2) is 16.1 Å². The first kappa shape index (κ1) is 12.8. The van der Waals surface area contributed by atoms with Gasteiger partial charge in [-0.25, -0.2) is 9.18 Å². The van der Waals surface area contributed by atoms with Crippen LogP contribution < -0.4 is 11.1 Å². The number of nitrogen functional groups attached to an aromatic ring is 1. The van der Waals surface area contributed by atoms with Crippen molar-refractivity contribution in [2.45, 2.75) is 6.92 Å². The van der Waals surface area contributed by atoms with Gasteiger partial charge in [0.1, 0.15) is 5.82 Å². The molecule has 5 nitrogen and oxygen atoms in total. The number of halogens is 1. The van der Waals surface area contributed by atoms with Crippen LogP contribution in [0, 0.1) is 12.7 Å². The summed E-state index contributed by atoms with van der Waals surface area (Å²) in [6, 6.07) is 5.62. The average molecular weight is 261 g/mol. The van der Waals surface area contributed by atoms with Crippen LogP contribution in [0.5, 0.6) is 0 Å². The van der Waals surface area contributed by atoms with Crippen LogP contribution in [0.2, 0.25) is 0 Å². The summed E-state index contributed by atoms with van der Waals surface area (Å²) in [5.74, 6) is -1.83. The molecule has 98 valence electrons. The van der Waals surface area contributed by atoms with Gasteiger partial charge >= 0.3 is 5.97 Å². The normalized spacial score (nSPS) is 10.2. The van der Waals surface area contributed by atoms with Gasteiger partial charge in [0.05, 0.1) is 23.1 Å². The number of carboxylic acids is 1. The molecule has 6 heteroatoms. The van der Waals surface area contributed by atoms with Gasteiger partial charge in [-0.15, -0.1) is 0 Å². The van der Waals surface area contributed by atoms with Crippen molar-refractivity contribution < 1.29 is 14.3 Å². The van der Waals surface area contributed by atoms with Crippen molar-refractivity contribution >= 4 is 23.0 Å². The highest BCUT2D eigenvalue weighted by Crippen LogP contribution is 2.25. The van der Waals surface area contributed by atoms with Gasteiger partial charge in [0.15, 0.2) is 0 Å². The van der Waals surface area contributed by atoms with E-state index < -0.39 is 11.8 Å². The van der Waals surface area contributed by atoms with Crippen LogP contribution in [0.1, 0.15) is 16.1 Å². The summed E-state index contributed by atoms with van der Waals surface area (Å²) < 4.78 is 13.7. The monoisotopic (exact) mass is 261 g/mol. The number of benzene rings is 1. The molecule has 0 bridgehead atoms. The van der Waals surface area contributed by atoms with E-state index in [1.165, 1.54) is 6.20 Å². The molecule has 0 unspecified atom stereocenters. The van der Waals surface area contributed by atoms with E-state index in [0.717, 1.165) is 17.8 Å². The largest absolute Gasteiger partial charge is 0.478 e. The number of aromatic nitrogens is 1. The third kappa shape index (κ3) is 2.79. The molecule has 0 amide bonds. The fourth-order valence-corrected chi connectivity index (χ4v) is 1.57. The number of carbonyl (C=O) groups is 1. The number of aromatic carboxylic acids is 1. The molecule has 0 fully saturated rings. The molecule has 0 aliphatic rings. The minimum atomic E-state index is -1.21. The van der Waals surface area contributed by atoms with Crippen LogP contribution in [0.15, 0.2) is 30.5 Å². The van der Waals surface area contributed by atoms with E-state index in [1.807, 2.05) is 6.92 Å². The minimum Gasteiger partial charge on any atom is -0.478 e. The summed E-state index contributed by atoms with van der Waals surface area (Å²) in [5, 5.41) is 11.7. The highest BCUT2D eigenvalue weighted by atomic mass is 19.1. The lowest BCUT2D eigenvalue weighted by molar-refractivity contribution is 0.0698. The average Bonchev–Trinajstić information content (AvgIpc) is 2.34. The van der Waals surface area contributed by atoms with E-state index in [4.69, 9.17) is 10.8 Å². The van der Waals surface area contributed by atoms with Crippen molar-refractivity contribution in [3.63, 3.8) is 0 Å². The second-order valence-corrected chi connectivity index (χ2v) is 4.04. The molecular weight excluding hydrogens is 249 g/mol. The number of nitrogens with zero attached hydrogens (tertiary/aromatic N) is 1. The molecule has 0 atom stereocenters. The second-order valence-electron chi connectivity index (χ2n) is 4.04. The maximum absolute atomic E-state index is 13.7. The summed E-state index contributed by atoms with van der Waals surface area (Å²) in [4.78, 5) is 15.0. The Labute approximate surface area is 108 Å². The Morgan fingerprint density at radius 3 is 2.74 bits per heavy atom. The number of rotatable bonds is 3. The lowest BCUT2D eigenvalue weighted by atomic mass is 10.1. The molecule has 0 aliphatic heterocycles. The van der Waals surface area contributed by atoms with Crippen LogP contribution in [0.4, 0.5) is 21.5 Å². The van der Waals surface area contributed by atoms with Crippen molar-refractivity contribution in [3.05, 3.63) is 47.5 Å². The topological polar surface area (TPSA) is 88.2 Å². The molecule has 0 spiro atoms. The number of nitrogens with one attached hydrogen (secondary N) is 1. The lowest BCUT2D eigenvalue weighted by Gasteiger charge is -2.10. The van der Waals surface area contributed by atoms with Gasteiger partial charge in [0.2, 0.25) is 0 Å². The number of pyridine rings is 1. The molecule has 1 heterocycles. The van der Waals surface area contributed by atoms with Crippen LogP contribution in [0.25, 0.3) is 0 Å². The molecule has 2 aromatic rings. The predicted molar refractivity (Wildman–Crippen MR) is 70.0 cm³/mol. The Morgan fingerprint density at radius 2 is 2.16 bits per heavy atom. The number of hydrogen-bond acceptors (Lipinski definition) is 4. The first-order chi connectivity index (χ1) is 8.97. The second kappa shape index (κ2) is 4.93. The van der Waals surface area contributed by atoms with E-state index in [-0.39, 0.29) is 16.9 Å². The minimum absolute atomic E-state index is 0.0391. The first-order valence-electron chi connectivity index (χ1n) is 5.49. The van der Waals surface area contributed by atoms with Gasteiger partial charge in [0.25, 0.3) is 0 Å². The maximum atomic E-state index is 13.7. The molecular formula is C13H12FN3O2. The molecule has 0 aliphatic carbocycles. The summed E-state index contributed by atoms with van der Waals surface area (Å²) in [5.41, 5.74) is 6.61. The number of nitrogens with two attached hydrogens (primary N) is 1. The Balaban J connectivity index is 2.37.